The number of carbonyl (C=O) groups excluding carboxylic acids is 1. The van der Waals surface area contributed by atoms with Gasteiger partial charge < -0.3 is 0 Å². The summed E-state index contributed by atoms with van der Waals surface area (Å²) in [5.74, 6) is 0.182. The molecule has 0 bridgehead atoms. The molecule has 1 aromatic heterocycles. The Balaban J connectivity index is 2.13. The predicted molar refractivity (Wildman–Crippen MR) is 67.6 cm³/mol. The highest BCUT2D eigenvalue weighted by molar-refractivity contribution is 5.80. The maximum absolute atomic E-state index is 12.1. The molecule has 2 rings (SSSR count). The van der Waals surface area contributed by atoms with Crippen molar-refractivity contribution in [3.05, 3.63) is 32.6 Å². The van der Waals surface area contributed by atoms with Crippen molar-refractivity contribution < 1.29 is 4.79 Å². The third-order valence-corrected chi connectivity index (χ3v) is 3.58. The topological polar surface area (TPSA) is 71.9 Å². The van der Waals surface area contributed by atoms with Gasteiger partial charge in [0.2, 0.25) is 0 Å². The van der Waals surface area contributed by atoms with Gasteiger partial charge in [-0.3, -0.25) is 19.1 Å². The minimum absolute atomic E-state index is 0.0706. The predicted octanol–water partition coefficient (Wildman–Crippen LogP) is 0.994. The van der Waals surface area contributed by atoms with Gasteiger partial charge in [-0.05, 0) is 19.8 Å². The van der Waals surface area contributed by atoms with Crippen LogP contribution in [0.5, 0.6) is 0 Å². The number of aromatic nitrogens is 2. The maximum atomic E-state index is 12.1. The smallest absolute Gasteiger partial charge is 0.297 e. The van der Waals surface area contributed by atoms with Gasteiger partial charge in [-0.25, -0.2) is 4.79 Å². The van der Waals surface area contributed by atoms with Gasteiger partial charge >= 0.3 is 5.69 Å². The fraction of sp³-hybridized carbons (Fsp3) is 0.615. The summed E-state index contributed by atoms with van der Waals surface area (Å²) in [6, 6.07) is 0. The second kappa shape index (κ2) is 5.33. The van der Waals surface area contributed by atoms with Crippen LogP contribution in [0.3, 0.4) is 0 Å². The molecule has 5 heteroatoms. The number of nitrogens with one attached hydrogen (secondary N) is 1. The van der Waals surface area contributed by atoms with E-state index in [-0.39, 0.29) is 23.8 Å². The van der Waals surface area contributed by atoms with E-state index in [0.717, 1.165) is 25.7 Å². The van der Waals surface area contributed by atoms with Gasteiger partial charge in [-0.1, -0.05) is 19.3 Å². The average Bonchev–Trinajstić information content (AvgIpc) is 2.37. The first-order chi connectivity index (χ1) is 8.58. The van der Waals surface area contributed by atoms with Gasteiger partial charge in [0.15, 0.2) is 5.78 Å². The molecule has 1 aliphatic rings. The first-order valence-electron chi connectivity index (χ1n) is 6.41. The summed E-state index contributed by atoms with van der Waals surface area (Å²) in [5.41, 5.74) is -0.442. The van der Waals surface area contributed by atoms with Crippen LogP contribution < -0.4 is 11.2 Å². The largest absolute Gasteiger partial charge is 0.328 e. The van der Waals surface area contributed by atoms with Crippen LogP contribution in [-0.2, 0) is 11.3 Å². The number of ketones is 1. The molecule has 0 radical (unpaired) electrons. The van der Waals surface area contributed by atoms with Crippen molar-refractivity contribution in [2.24, 2.45) is 5.92 Å². The van der Waals surface area contributed by atoms with Gasteiger partial charge in [0, 0.05) is 17.7 Å². The van der Waals surface area contributed by atoms with Crippen LogP contribution in [-0.4, -0.2) is 15.3 Å². The van der Waals surface area contributed by atoms with Crippen molar-refractivity contribution in [3.8, 4) is 0 Å². The second-order valence-electron chi connectivity index (χ2n) is 5.00. The van der Waals surface area contributed by atoms with E-state index in [4.69, 9.17) is 0 Å². The summed E-state index contributed by atoms with van der Waals surface area (Å²) in [4.78, 5) is 37.1. The van der Waals surface area contributed by atoms with Gasteiger partial charge in [-0.2, -0.15) is 0 Å². The molecule has 1 aromatic rings. The minimum Gasteiger partial charge on any atom is -0.297 e. The third kappa shape index (κ3) is 2.78. The molecule has 0 aromatic carbocycles. The van der Waals surface area contributed by atoms with E-state index in [1.165, 1.54) is 17.2 Å². The van der Waals surface area contributed by atoms with E-state index in [9.17, 15) is 14.4 Å². The molecule has 0 amide bonds. The fourth-order valence-electron chi connectivity index (χ4n) is 2.46. The van der Waals surface area contributed by atoms with Crippen molar-refractivity contribution >= 4 is 5.78 Å². The summed E-state index contributed by atoms with van der Waals surface area (Å²) in [6.45, 7) is 1.70. The first kappa shape index (κ1) is 12.8. The molecule has 1 heterocycles. The van der Waals surface area contributed by atoms with Crippen LogP contribution in [0.4, 0.5) is 0 Å². The number of aryl methyl sites for hydroxylation is 1. The number of nitrogens with zero attached hydrogens (tertiary/aromatic N) is 1. The van der Waals surface area contributed by atoms with Gasteiger partial charge in [0.1, 0.15) is 0 Å². The summed E-state index contributed by atoms with van der Waals surface area (Å²) >= 11 is 0. The van der Waals surface area contributed by atoms with Crippen molar-refractivity contribution in [3.63, 3.8) is 0 Å². The highest BCUT2D eigenvalue weighted by atomic mass is 16.2. The maximum Gasteiger partial charge on any atom is 0.328 e. The van der Waals surface area contributed by atoms with E-state index in [0.29, 0.717) is 5.56 Å². The second-order valence-corrected chi connectivity index (χ2v) is 5.00. The Kier molecular flexibility index (Phi) is 3.79. The molecule has 0 aliphatic heterocycles. The Labute approximate surface area is 105 Å². The van der Waals surface area contributed by atoms with Crippen LogP contribution in [0.15, 0.2) is 15.8 Å². The average molecular weight is 250 g/mol. The lowest BCUT2D eigenvalue weighted by atomic mass is 9.86. The van der Waals surface area contributed by atoms with Crippen molar-refractivity contribution in [2.75, 3.05) is 0 Å². The van der Waals surface area contributed by atoms with E-state index in [1.807, 2.05) is 0 Å². The highest BCUT2D eigenvalue weighted by Crippen LogP contribution is 2.24. The van der Waals surface area contributed by atoms with Crippen LogP contribution in [0.1, 0.15) is 37.7 Å². The molecular weight excluding hydrogens is 232 g/mol. The molecule has 1 aliphatic carbocycles. The number of carbonyl (C=O) groups is 1. The molecule has 0 saturated heterocycles. The Morgan fingerprint density at radius 2 is 2.00 bits per heavy atom. The third-order valence-electron chi connectivity index (χ3n) is 3.58. The number of Topliss-reactive ketones (excluding diaryl/α,β-unsaturated/α-hetero) is 1. The molecule has 18 heavy (non-hydrogen) atoms. The standard InChI is InChI=1S/C13H18N2O3/c1-9-7-15(13(18)14-12(9)17)8-11(16)10-5-3-2-4-6-10/h7,10H,2-6,8H2,1H3,(H,14,17,18). The van der Waals surface area contributed by atoms with Crippen molar-refractivity contribution in [1.82, 2.24) is 9.55 Å². The normalized spacial score (nSPS) is 16.7. The SMILES string of the molecule is Cc1cn(CC(=O)C2CCCCC2)c(=O)[nH]c1=O. The quantitative estimate of drug-likeness (QED) is 0.869. The molecule has 1 fully saturated rings. The van der Waals surface area contributed by atoms with Gasteiger partial charge in [0.25, 0.3) is 5.56 Å². The van der Waals surface area contributed by atoms with E-state index in [1.54, 1.807) is 6.92 Å². The van der Waals surface area contributed by atoms with Crippen molar-refractivity contribution in [2.45, 2.75) is 45.6 Å². The Hall–Kier alpha value is -1.65. The zero-order valence-corrected chi connectivity index (χ0v) is 10.6. The Bertz CT molecular complexity index is 550. The number of hydrogen-bond acceptors (Lipinski definition) is 3. The first-order valence-corrected chi connectivity index (χ1v) is 6.41. The van der Waals surface area contributed by atoms with Gasteiger partial charge in [-0.15, -0.1) is 0 Å². The molecule has 1 N–H and O–H groups in total. The summed E-state index contributed by atoms with van der Waals surface area (Å²) < 4.78 is 1.30. The Morgan fingerprint density at radius 1 is 1.33 bits per heavy atom. The zero-order chi connectivity index (χ0) is 13.1. The number of aromatic amines is 1. The minimum atomic E-state index is -0.505. The molecular formula is C13H18N2O3. The van der Waals surface area contributed by atoms with Crippen LogP contribution >= 0.6 is 0 Å². The van der Waals surface area contributed by atoms with Crippen molar-refractivity contribution in [1.29, 1.82) is 0 Å². The van der Waals surface area contributed by atoms with Crippen LogP contribution in [0.25, 0.3) is 0 Å². The molecule has 0 spiro atoms. The number of hydrogen-bond donors (Lipinski definition) is 1. The summed E-state index contributed by atoms with van der Waals surface area (Å²) in [7, 11) is 0. The lowest BCUT2D eigenvalue weighted by molar-refractivity contribution is -0.124. The summed E-state index contributed by atoms with van der Waals surface area (Å²) in [6.07, 6.45) is 6.70. The Morgan fingerprint density at radius 3 is 2.67 bits per heavy atom. The van der Waals surface area contributed by atoms with Crippen LogP contribution in [0, 0.1) is 12.8 Å². The molecule has 98 valence electrons. The van der Waals surface area contributed by atoms with Gasteiger partial charge in [0.05, 0.1) is 6.54 Å². The monoisotopic (exact) mass is 250 g/mol. The van der Waals surface area contributed by atoms with Crippen LogP contribution in [0.2, 0.25) is 0 Å². The highest BCUT2D eigenvalue weighted by Gasteiger charge is 2.21. The molecule has 5 nitrogen and oxygen atoms in total. The number of H-pyrrole nitrogens is 1. The molecule has 0 unspecified atom stereocenters. The molecule has 0 atom stereocenters. The van der Waals surface area contributed by atoms with E-state index in [2.05, 4.69) is 4.98 Å². The zero-order valence-electron chi connectivity index (χ0n) is 10.6. The lowest BCUT2D eigenvalue weighted by Gasteiger charge is -2.20. The fourth-order valence-corrected chi connectivity index (χ4v) is 2.46. The number of rotatable bonds is 3. The summed E-state index contributed by atoms with van der Waals surface area (Å²) in [5, 5.41) is 0. The van der Waals surface area contributed by atoms with E-state index >= 15 is 0 Å². The van der Waals surface area contributed by atoms with E-state index < -0.39 is 5.69 Å². The lowest BCUT2D eigenvalue weighted by Crippen LogP contribution is -2.34. The molecule has 1 saturated carbocycles.